The van der Waals surface area contributed by atoms with Crippen molar-refractivity contribution in [2.24, 2.45) is 0 Å². The monoisotopic (exact) mass is 586 g/mol. The highest BCUT2D eigenvalue weighted by molar-refractivity contribution is 6.36. The number of amides is 1. The molecule has 0 saturated carbocycles. The van der Waals surface area contributed by atoms with Crippen LogP contribution in [0.5, 0.6) is 5.75 Å². The van der Waals surface area contributed by atoms with Crippen molar-refractivity contribution < 1.29 is 32.2 Å². The van der Waals surface area contributed by atoms with Crippen LogP contribution in [0.4, 0.5) is 24.5 Å². The number of nitrogens with one attached hydrogen (secondary N) is 2. The Labute approximate surface area is 238 Å². The number of halogens is 4. The molecule has 0 saturated heterocycles. The van der Waals surface area contributed by atoms with Crippen LogP contribution in [0, 0.1) is 0 Å². The molecule has 0 bridgehead atoms. The lowest BCUT2D eigenvalue weighted by Gasteiger charge is -2.40. The molecule has 1 aliphatic carbocycles. The number of hydrogen-bond donors (Lipinski definition) is 2. The molecule has 41 heavy (non-hydrogen) atoms. The number of anilines is 2. The Morgan fingerprint density at radius 1 is 1.24 bits per heavy atom. The molecule has 2 N–H and O–H groups in total. The third-order valence-electron chi connectivity index (χ3n) is 6.92. The number of methoxy groups -OCH3 is 1. The number of alkyl halides is 3. The largest absolute Gasteiger partial charge is 0.458 e. The van der Waals surface area contributed by atoms with E-state index in [0.717, 1.165) is 12.2 Å². The van der Waals surface area contributed by atoms with Gasteiger partial charge in [-0.15, -0.1) is 0 Å². The lowest BCUT2D eigenvalue weighted by molar-refractivity contribution is -0.124. The van der Waals surface area contributed by atoms with Crippen molar-refractivity contribution in [3.63, 3.8) is 0 Å². The van der Waals surface area contributed by atoms with Crippen molar-refractivity contribution in [1.82, 2.24) is 9.97 Å². The predicted octanol–water partition coefficient (Wildman–Crippen LogP) is 6.34. The fourth-order valence-electron chi connectivity index (χ4n) is 4.91. The highest BCUT2D eigenvalue weighted by Gasteiger charge is 2.42. The first-order valence-corrected chi connectivity index (χ1v) is 13.0. The van der Waals surface area contributed by atoms with Gasteiger partial charge in [-0.1, -0.05) is 23.8 Å². The summed E-state index contributed by atoms with van der Waals surface area (Å²) < 4.78 is 51.0. The van der Waals surface area contributed by atoms with Crippen LogP contribution in [0.1, 0.15) is 35.7 Å². The van der Waals surface area contributed by atoms with E-state index in [-0.39, 0.29) is 40.2 Å². The number of nitrogens with zero attached hydrogens (tertiary/aromatic N) is 2. The highest BCUT2D eigenvalue weighted by atomic mass is 35.5. The molecule has 2 aromatic heterocycles. The number of likely N-dealkylation sites (N-methyl/N-ethyl adjacent to an activating group) is 1. The van der Waals surface area contributed by atoms with Crippen LogP contribution < -0.4 is 15.0 Å². The first kappa shape index (κ1) is 28.4. The zero-order chi connectivity index (χ0) is 29.5. The zero-order valence-corrected chi connectivity index (χ0v) is 23.1. The number of pyridine rings is 1. The number of benzene rings is 1. The van der Waals surface area contributed by atoms with E-state index in [1.165, 1.54) is 48.7 Å². The molecule has 1 amide bonds. The van der Waals surface area contributed by atoms with Crippen molar-refractivity contribution >= 4 is 45.7 Å². The number of H-pyrrole nitrogens is 1. The number of ketones is 1. The van der Waals surface area contributed by atoms with Gasteiger partial charge in [0.2, 0.25) is 0 Å². The molecule has 1 atom stereocenters. The summed E-state index contributed by atoms with van der Waals surface area (Å²) in [6, 6.07) is 4.31. The van der Waals surface area contributed by atoms with Crippen LogP contribution >= 0.6 is 11.6 Å². The van der Waals surface area contributed by atoms with Crippen molar-refractivity contribution in [3.8, 4) is 5.75 Å². The van der Waals surface area contributed by atoms with Gasteiger partial charge in [0.15, 0.2) is 5.78 Å². The molecule has 12 heteroatoms. The number of aromatic amines is 1. The Bertz CT molecular complexity index is 1640. The first-order valence-electron chi connectivity index (χ1n) is 12.7. The fraction of sp³-hybridized carbons (Fsp3) is 0.276. The first-order chi connectivity index (χ1) is 19.4. The van der Waals surface area contributed by atoms with E-state index in [2.05, 4.69) is 15.3 Å². The molecule has 0 spiro atoms. The minimum atomic E-state index is -4.53. The Morgan fingerprint density at radius 2 is 2.02 bits per heavy atom. The molecule has 3 heterocycles. The van der Waals surface area contributed by atoms with E-state index < -0.39 is 23.1 Å². The third-order valence-corrected chi connectivity index (χ3v) is 7.23. The van der Waals surface area contributed by atoms with Gasteiger partial charge >= 0.3 is 6.18 Å². The molecule has 0 fully saturated rings. The van der Waals surface area contributed by atoms with Crippen LogP contribution in [-0.2, 0) is 9.53 Å². The molecule has 1 aromatic carbocycles. The fourth-order valence-corrected chi connectivity index (χ4v) is 5.16. The Kier molecular flexibility index (Phi) is 7.43. The third kappa shape index (κ3) is 5.34. The van der Waals surface area contributed by atoms with E-state index in [4.69, 9.17) is 21.1 Å². The number of aromatic nitrogens is 2. The van der Waals surface area contributed by atoms with Crippen molar-refractivity contribution in [2.75, 3.05) is 31.0 Å². The van der Waals surface area contributed by atoms with E-state index in [9.17, 15) is 22.8 Å². The minimum absolute atomic E-state index is 0.0231. The summed E-state index contributed by atoms with van der Waals surface area (Å²) in [5.41, 5.74) is -0.0411. The Balaban J connectivity index is 1.48. The van der Waals surface area contributed by atoms with Gasteiger partial charge < -0.3 is 24.7 Å². The standard InChI is InChI=1S/C29H26ClF3N4O4/c1-28(15-40-3)27(39)37(2)22-14-35-26-23(24(22)36-28)20(13-34-26)25(38)19-10-9-18(12-21(19)30)41-17-8-6-4-5-7-16(11-17)29(31,32)33/h5,7-14,36H,4,6,15H2,1-3H3,(H,34,35)/b7-5+,16-11+,17-8+. The number of carbonyl (C=O) groups excluding carboxylic acids is 2. The lowest BCUT2D eigenvalue weighted by atomic mass is 9.95. The van der Waals surface area contributed by atoms with Crippen LogP contribution in [0.25, 0.3) is 11.0 Å². The summed E-state index contributed by atoms with van der Waals surface area (Å²) >= 11 is 6.50. The van der Waals surface area contributed by atoms with E-state index in [1.807, 2.05) is 0 Å². The second kappa shape index (κ2) is 10.7. The van der Waals surface area contributed by atoms with E-state index in [1.54, 1.807) is 20.0 Å². The van der Waals surface area contributed by atoms with Gasteiger partial charge in [0.1, 0.15) is 22.7 Å². The van der Waals surface area contributed by atoms with Crippen LogP contribution in [0.2, 0.25) is 5.02 Å². The molecule has 8 nitrogen and oxygen atoms in total. The smallest absolute Gasteiger partial charge is 0.416 e. The number of ether oxygens (including phenoxy) is 2. The maximum absolute atomic E-state index is 13.7. The van der Waals surface area contributed by atoms with Gasteiger partial charge in [0.25, 0.3) is 5.91 Å². The Hall–Kier alpha value is -4.09. The van der Waals surface area contributed by atoms with Crippen molar-refractivity contribution in [1.29, 1.82) is 0 Å². The molecular weight excluding hydrogens is 561 g/mol. The van der Waals surface area contributed by atoms with Gasteiger partial charge in [0, 0.05) is 32.0 Å². The van der Waals surface area contributed by atoms with Gasteiger partial charge in [-0.2, -0.15) is 13.2 Å². The van der Waals surface area contributed by atoms with E-state index >= 15 is 0 Å². The van der Waals surface area contributed by atoms with E-state index in [0.29, 0.717) is 35.2 Å². The topological polar surface area (TPSA) is 96.5 Å². The van der Waals surface area contributed by atoms with Gasteiger partial charge in [-0.3, -0.25) is 9.59 Å². The molecule has 2 aliphatic rings. The molecule has 3 aromatic rings. The summed E-state index contributed by atoms with van der Waals surface area (Å²) in [6.45, 7) is 1.80. The quantitative estimate of drug-likeness (QED) is 0.327. The van der Waals surface area contributed by atoms with Crippen molar-refractivity contribution in [2.45, 2.75) is 31.5 Å². The molecule has 1 aliphatic heterocycles. The molecular formula is C29H26ClF3N4O4. The molecule has 5 rings (SSSR count). The summed E-state index contributed by atoms with van der Waals surface area (Å²) in [5.74, 6) is -0.444. The van der Waals surface area contributed by atoms with Crippen LogP contribution in [-0.4, -0.2) is 54.1 Å². The number of fused-ring (bicyclic) bond motifs is 3. The molecule has 1 unspecified atom stereocenters. The van der Waals surface area contributed by atoms with Gasteiger partial charge in [0.05, 0.1) is 45.7 Å². The Morgan fingerprint density at radius 3 is 2.73 bits per heavy atom. The SMILES string of the molecule is COCC1(C)Nc2c(cnc3[nH]cc(C(=O)c4ccc(OC5=C/CC/C=C/C(C(F)(F)F)=C\5)cc4Cl)c23)N(C)C1=O. The summed E-state index contributed by atoms with van der Waals surface area (Å²) in [4.78, 5) is 35.6. The van der Waals surface area contributed by atoms with Crippen LogP contribution in [0.3, 0.4) is 0 Å². The maximum atomic E-state index is 13.7. The summed E-state index contributed by atoms with van der Waals surface area (Å²) in [6.07, 6.45) is 4.43. The lowest BCUT2D eigenvalue weighted by Crippen LogP contribution is -2.57. The average molecular weight is 587 g/mol. The van der Waals surface area contributed by atoms with Gasteiger partial charge in [-0.05, 0) is 44.1 Å². The van der Waals surface area contributed by atoms with Gasteiger partial charge in [-0.25, -0.2) is 4.98 Å². The number of hydrogen-bond acceptors (Lipinski definition) is 6. The average Bonchev–Trinajstić information content (AvgIpc) is 3.33. The highest BCUT2D eigenvalue weighted by Crippen LogP contribution is 2.41. The molecule has 0 radical (unpaired) electrons. The molecule has 214 valence electrons. The van der Waals surface area contributed by atoms with Crippen LogP contribution in [0.15, 0.2) is 66.2 Å². The summed E-state index contributed by atoms with van der Waals surface area (Å²) in [7, 11) is 3.12. The second-order valence-electron chi connectivity index (χ2n) is 9.96. The minimum Gasteiger partial charge on any atom is -0.458 e. The number of carbonyl (C=O) groups is 2. The second-order valence-corrected chi connectivity index (χ2v) is 10.4. The zero-order valence-electron chi connectivity index (χ0n) is 22.4. The maximum Gasteiger partial charge on any atom is 0.416 e. The normalized spacial score (nSPS) is 22.5. The predicted molar refractivity (Wildman–Crippen MR) is 150 cm³/mol. The number of allylic oxidation sites excluding steroid dienone is 5. The van der Waals surface area contributed by atoms with Crippen molar-refractivity contribution in [3.05, 3.63) is 82.4 Å². The number of rotatable bonds is 6. The summed E-state index contributed by atoms with van der Waals surface area (Å²) in [5, 5.41) is 3.77.